The summed E-state index contributed by atoms with van der Waals surface area (Å²) in [4.78, 5) is 138. The van der Waals surface area contributed by atoms with E-state index in [9.17, 15) is 58.8 Å². The third kappa shape index (κ3) is 34.0. The van der Waals surface area contributed by atoms with Crippen LogP contribution < -0.4 is 20.9 Å². The van der Waals surface area contributed by atoms with Gasteiger partial charge in [-0.2, -0.15) is 9.59 Å². The van der Waals surface area contributed by atoms with E-state index in [2.05, 4.69) is 119 Å². The molecule has 5 aliphatic heterocycles. The number of aliphatic carboxylic acids is 1. The monoisotopic (exact) mass is 2070 g/mol. The smallest absolute Gasteiger partial charge is 0.373 e. The Morgan fingerprint density at radius 2 is 1.17 bits per heavy atom. The molecule has 3 fully saturated rings. The number of H-pyrrole nitrogens is 1. The first-order valence-corrected chi connectivity index (χ1v) is 52.5. The van der Waals surface area contributed by atoms with E-state index in [4.69, 9.17) is 92.0 Å². The molecular formula is C103H159N7O32S2. The predicted molar refractivity (Wildman–Crippen MR) is 537 cm³/mol. The van der Waals surface area contributed by atoms with Crippen LogP contribution in [0.5, 0.6) is 0 Å². The van der Waals surface area contributed by atoms with Crippen LogP contribution in [-0.4, -0.2) is 352 Å². The van der Waals surface area contributed by atoms with Crippen LogP contribution in [0.4, 0.5) is 5.69 Å². The maximum atomic E-state index is 15.2. The molecule has 3 amide bonds. The van der Waals surface area contributed by atoms with Gasteiger partial charge in [0, 0.05) is 156 Å². The van der Waals surface area contributed by atoms with Crippen molar-refractivity contribution >= 4 is 97.7 Å². The first-order chi connectivity index (χ1) is 68.8. The number of fused-ring (bicyclic) bond motifs is 6. The number of aryl methyl sites for hydroxylation is 1. The number of para-hydroxylation sites is 1. The second kappa shape index (κ2) is 62.1. The molecule has 1 aliphatic carbocycles. The third-order valence-corrected chi connectivity index (χ3v) is 30.0. The number of nitrogens with zero attached hydrogens (tertiary/aromatic N) is 3. The molecule has 6 aliphatic rings. The standard InChI is InChI=1S/C61H87N5O12.C23H36N2O7S2.C11H20O7.C7H16O4.CO2/c1-9-41(35-67)78-51(75-8)36-77-50(70)22-16-21-49(69)62-39(5)53(71)76-29-15-14-20-48(68)61(74)55-60(25-28-66-26-17-24-59(11-3,54(60)66)56(61)72)45-31-44(38(4)30-47(45)64(55)7)57(6)32-40-33-58(73,10-2)37-65(34-40)27-23-43-42-18-12-13-19-46(42)63-52(43)57;1-5-19(14-26)32-22(30-3)15-31-21(28)11-10-20(27)24-12-13-25-23(29)18-8-6-17(7-9-18)16(2)34-33-4;1-3-8(6-12)18-11(16-2)7-17-10(15)5-4-9(13)14;1-3-6(4-8)11-7(5-9)10-2;2-1-3/h12-13,17-19,24,30-31,39-41,51,54-56,63,67,72-74H,9-11,14-16,20-23,25-29,32-37H2,1-8H3,(H,62,69);6-9,16,19,22,26H,5,10-15H2,1-4H3,(H,24,27)(H,25,29);8,11-12H,3-7H2,1-2H3,(H,13,14);6-9H,3-5H2,1-2H3;/t39?,40?,41?,51?,54?,55?,56-,57-,58?,59-,60?,61+;;;;/m1..../s1. The Kier molecular flexibility index (Phi) is 53.6. The van der Waals surface area contributed by atoms with Crippen LogP contribution in [0.1, 0.15) is 233 Å². The number of anilines is 1. The highest BCUT2D eigenvalue weighted by Gasteiger charge is 2.78. The van der Waals surface area contributed by atoms with Gasteiger partial charge in [0.2, 0.25) is 11.8 Å². The highest BCUT2D eigenvalue weighted by atomic mass is 33.1. The molecule has 3 aromatic carbocycles. The van der Waals surface area contributed by atoms with E-state index in [-0.39, 0.29) is 172 Å². The SMILES string of the molecule is CCC(CO)OC(CO)OC.CCC(CO)OC(COC(=O)CCC(=O)NCCNC(=O)c1ccc(C(C)SSC)cc1)OC.CCC(CO)OC(COC(=O)CCC(=O)O)OC.CCC(CO)OC(COC(=O)CCCC(=O)NC(C)C(=O)OCCCCC(=O)[C@]1(O)C2N(C)c3cc(C)c([C@@]4(C)CC5CN(CCc6c4[nH]c4ccccc64)CC(O)(CC)C5)cc3C23CCN2CC=C[C@](CC)(C23)[C@H]1O)OC.O=C=O. The summed E-state index contributed by atoms with van der Waals surface area (Å²) in [5.74, 6) is -4.60. The first kappa shape index (κ1) is 124. The van der Waals surface area contributed by atoms with E-state index in [0.717, 1.165) is 66.8 Å². The van der Waals surface area contributed by atoms with Crippen molar-refractivity contribution in [1.29, 1.82) is 0 Å². The van der Waals surface area contributed by atoms with Crippen molar-refractivity contribution in [3.05, 3.63) is 112 Å². The number of nitrogens with one attached hydrogen (secondary N) is 4. The van der Waals surface area contributed by atoms with E-state index in [1.165, 1.54) is 57.6 Å². The number of hydrogen-bond donors (Lipinski definition) is 13. The van der Waals surface area contributed by atoms with E-state index < -0.39 is 125 Å². The van der Waals surface area contributed by atoms with Crippen LogP contribution in [0.3, 0.4) is 0 Å². The van der Waals surface area contributed by atoms with Gasteiger partial charge in [0.25, 0.3) is 5.91 Å². The molecule has 1 saturated carbocycles. The number of hydrogen-bond acceptors (Lipinski definition) is 36. The summed E-state index contributed by atoms with van der Waals surface area (Å²) < 4.78 is 62.0. The van der Waals surface area contributed by atoms with E-state index >= 15 is 4.79 Å². The molecule has 2 saturated heterocycles. The zero-order valence-corrected chi connectivity index (χ0v) is 88.2. The van der Waals surface area contributed by atoms with Crippen LogP contribution in [0.2, 0.25) is 0 Å². The van der Waals surface area contributed by atoms with Gasteiger partial charge in [0.1, 0.15) is 32.0 Å². The number of aromatic nitrogens is 1. The number of carboxylic acid groups (broad SMARTS) is 1. The summed E-state index contributed by atoms with van der Waals surface area (Å²) >= 11 is 0. The molecule has 13 N–H and O–H groups in total. The average molecular weight is 2070 g/mol. The molecular weight excluding hydrogens is 1910 g/mol. The predicted octanol–water partition coefficient (Wildman–Crippen LogP) is 7.65. The minimum atomic E-state index is -2.17. The maximum absolute atomic E-state index is 15.2. The average Bonchev–Trinajstić information content (AvgIpc) is 1.54. The molecule has 41 heteroatoms. The van der Waals surface area contributed by atoms with Gasteiger partial charge in [-0.1, -0.05) is 112 Å². The fraction of sp³-hybridized carbons (Fsp3) is 0.689. The number of ether oxygens (including phenoxy) is 12. The summed E-state index contributed by atoms with van der Waals surface area (Å²) in [5.41, 5.74) is 4.64. The van der Waals surface area contributed by atoms with E-state index in [1.54, 1.807) is 33.7 Å². The first-order valence-electron chi connectivity index (χ1n) is 49.9. The largest absolute Gasteiger partial charge is 0.481 e. The van der Waals surface area contributed by atoms with Crippen molar-refractivity contribution in [2.45, 2.75) is 299 Å². The van der Waals surface area contributed by atoms with E-state index in [0.29, 0.717) is 75.3 Å². The van der Waals surface area contributed by atoms with Gasteiger partial charge < -0.3 is 129 Å². The number of Topliss-reactive ketones (excluding diaryl/α,β-unsaturated/α-hetero) is 1. The van der Waals surface area contributed by atoms with Crippen molar-refractivity contribution < 1.29 is 156 Å². The fourth-order valence-corrected chi connectivity index (χ4v) is 21.9. The highest BCUT2D eigenvalue weighted by Crippen LogP contribution is 2.68. The summed E-state index contributed by atoms with van der Waals surface area (Å²) in [6, 6.07) is 18.8. The number of ketones is 1. The summed E-state index contributed by atoms with van der Waals surface area (Å²) in [6.07, 6.45) is 7.42. The molecule has 1 aromatic heterocycles. The number of likely N-dealkylation sites (N-methyl/N-ethyl adjacent to an activating group) is 1. The van der Waals surface area contributed by atoms with Crippen LogP contribution in [0.15, 0.2) is 72.8 Å². The quantitative estimate of drug-likeness (QED) is 0.00504. The van der Waals surface area contributed by atoms with Crippen LogP contribution in [-0.2, 0) is 122 Å². The number of aromatic amines is 1. The molecule has 0 radical (unpaired) electrons. The zero-order valence-electron chi connectivity index (χ0n) is 86.5. The van der Waals surface area contributed by atoms with Gasteiger partial charge in [-0.25, -0.2) is 4.79 Å². The Morgan fingerprint density at radius 1 is 0.618 bits per heavy atom. The number of methoxy groups -OCH3 is 4. The number of benzene rings is 3. The third-order valence-electron chi connectivity index (χ3n) is 27.8. The van der Waals surface area contributed by atoms with E-state index in [1.807, 2.05) is 53.1 Å². The van der Waals surface area contributed by atoms with Gasteiger partial charge in [0.15, 0.2) is 36.5 Å². The Balaban J connectivity index is 0.000000391. The number of aliphatic hydroxyl groups excluding tert-OH is 6. The fourth-order valence-electron chi connectivity index (χ4n) is 20.1. The van der Waals surface area contributed by atoms with Gasteiger partial charge in [-0.3, -0.25) is 48.2 Å². The molecule has 20 atom stereocenters. The lowest BCUT2D eigenvalue weighted by Crippen LogP contribution is -2.80. The molecule has 2 bridgehead atoms. The van der Waals surface area contributed by atoms with Crippen molar-refractivity contribution in [3.8, 4) is 0 Å². The normalized spacial score (nSPS) is 23.7. The molecule has 16 unspecified atom stereocenters. The number of aliphatic hydroxyl groups is 8. The van der Waals surface area contributed by atoms with Gasteiger partial charge in [-0.05, 0) is 182 Å². The minimum absolute atomic E-state index is 0.0183. The molecule has 6 heterocycles. The lowest BCUT2D eigenvalue weighted by Gasteiger charge is -2.63. The molecule has 1 spiro atoms. The lowest BCUT2D eigenvalue weighted by molar-refractivity contribution is -0.202. The number of esters is 4. The molecule has 39 nitrogen and oxygen atoms in total. The van der Waals surface area contributed by atoms with Gasteiger partial charge in [-0.15, -0.1) is 0 Å². The zero-order chi connectivity index (χ0) is 107. The van der Waals surface area contributed by atoms with Crippen molar-refractivity contribution in [2.75, 3.05) is 152 Å². The number of carbonyl (C=O) groups is 9. The number of carbonyl (C=O) groups excluding carboxylic acids is 10. The number of amides is 3. The van der Waals surface area contributed by atoms with Crippen LogP contribution in [0.25, 0.3) is 10.9 Å². The lowest BCUT2D eigenvalue weighted by atomic mass is 9.47. The minimum Gasteiger partial charge on any atom is -0.481 e. The summed E-state index contributed by atoms with van der Waals surface area (Å²) in [7, 11) is 11.1. The summed E-state index contributed by atoms with van der Waals surface area (Å²) in [6.45, 7) is 23.1. The number of carboxylic acids is 1. The summed E-state index contributed by atoms with van der Waals surface area (Å²) in [5, 5.41) is 101. The number of unbranched alkanes of at least 4 members (excludes halogenated alkanes) is 1. The molecule has 144 heavy (non-hydrogen) atoms. The topological polar surface area (TPSA) is 542 Å². The Morgan fingerprint density at radius 3 is 1.69 bits per heavy atom. The number of piperidine rings is 1. The van der Waals surface area contributed by atoms with Crippen molar-refractivity contribution in [3.63, 3.8) is 0 Å². The van der Waals surface area contributed by atoms with Crippen LogP contribution in [0, 0.1) is 18.3 Å². The van der Waals surface area contributed by atoms with Gasteiger partial charge >= 0.3 is 36.0 Å². The van der Waals surface area contributed by atoms with Crippen molar-refractivity contribution in [1.82, 2.24) is 30.7 Å². The highest BCUT2D eigenvalue weighted by molar-refractivity contribution is 8.76. The van der Waals surface area contributed by atoms with Crippen LogP contribution >= 0.6 is 21.6 Å². The second-order valence-electron chi connectivity index (χ2n) is 37.3. The Bertz CT molecular complexity index is 4690. The molecule has 4 aromatic rings. The van der Waals surface area contributed by atoms with Crippen molar-refractivity contribution in [2.24, 2.45) is 11.3 Å². The van der Waals surface area contributed by atoms with Gasteiger partial charge in [0.05, 0.1) is 95.0 Å². The second-order valence-corrected chi connectivity index (χ2v) is 40.1. The Hall–Kier alpha value is -8.47. The molecule has 810 valence electrons. The number of rotatable bonds is 55. The maximum Gasteiger partial charge on any atom is 0.373 e. The molecule has 10 rings (SSSR count). The Labute approximate surface area is 853 Å².